The highest BCUT2D eigenvalue weighted by atomic mass is 32.2. The van der Waals surface area contributed by atoms with Crippen molar-refractivity contribution in [3.05, 3.63) is 53.5 Å². The second-order valence-electron chi connectivity index (χ2n) is 3.28. The zero-order chi connectivity index (χ0) is 14.3. The highest BCUT2D eigenvalue weighted by Crippen LogP contribution is 2.05. The minimum atomic E-state index is -4.20. The summed E-state index contributed by atoms with van der Waals surface area (Å²) in [6.45, 7) is 0. The third kappa shape index (κ3) is 6.18. The molecule has 0 aliphatic carbocycles. The molecule has 1 N–H and O–H groups in total. The Hall–Kier alpha value is -2.41. The van der Waals surface area contributed by atoms with Crippen molar-refractivity contribution in [2.24, 2.45) is 0 Å². The molecule has 0 radical (unpaired) electrons. The van der Waals surface area contributed by atoms with Gasteiger partial charge in [0.15, 0.2) is 0 Å². The highest BCUT2D eigenvalue weighted by molar-refractivity contribution is 7.90. The Balaban J connectivity index is 2.70. The lowest BCUT2D eigenvalue weighted by molar-refractivity contribution is -0.133. The molecule has 7 heteroatoms. The maximum Gasteiger partial charge on any atom is 0.347 e. The predicted molar refractivity (Wildman–Crippen MR) is 67.3 cm³/mol. The van der Waals surface area contributed by atoms with Gasteiger partial charge in [0.05, 0.1) is 5.41 Å². The van der Waals surface area contributed by atoms with E-state index in [9.17, 15) is 18.0 Å². The number of hydrogen-bond donors (Lipinski definition) is 1. The Bertz CT molecular complexity index is 613. The minimum Gasteiger partial charge on any atom is -0.478 e. The SMILES string of the molecule is O=C(O)/C=C\C(=O)OS(=O)(=O)/C=C\c1ccccc1. The van der Waals surface area contributed by atoms with Gasteiger partial charge in [-0.25, -0.2) is 9.59 Å². The van der Waals surface area contributed by atoms with Gasteiger partial charge >= 0.3 is 22.1 Å². The lowest BCUT2D eigenvalue weighted by Gasteiger charge is -1.97. The van der Waals surface area contributed by atoms with Crippen LogP contribution >= 0.6 is 0 Å². The Morgan fingerprint density at radius 3 is 2.32 bits per heavy atom. The monoisotopic (exact) mass is 282 g/mol. The summed E-state index contributed by atoms with van der Waals surface area (Å²) in [5.74, 6) is -2.66. The van der Waals surface area contributed by atoms with Crippen molar-refractivity contribution in [1.29, 1.82) is 0 Å². The Kier molecular flexibility index (Phi) is 5.01. The molecule has 0 bridgehead atoms. The zero-order valence-corrected chi connectivity index (χ0v) is 10.4. The van der Waals surface area contributed by atoms with Gasteiger partial charge in [0.1, 0.15) is 0 Å². The van der Waals surface area contributed by atoms with Crippen LogP contribution in [0.3, 0.4) is 0 Å². The quantitative estimate of drug-likeness (QED) is 0.643. The first-order valence-corrected chi connectivity index (χ1v) is 6.49. The normalized spacial score (nSPS) is 11.8. The lowest BCUT2D eigenvalue weighted by Crippen LogP contribution is -2.08. The molecule has 0 unspecified atom stereocenters. The van der Waals surface area contributed by atoms with E-state index < -0.39 is 22.1 Å². The maximum atomic E-state index is 11.3. The molecule has 0 atom stereocenters. The van der Waals surface area contributed by atoms with Gasteiger partial charge in [-0.3, -0.25) is 0 Å². The molecule has 100 valence electrons. The number of carboxylic acid groups (broad SMARTS) is 1. The lowest BCUT2D eigenvalue weighted by atomic mass is 10.2. The summed E-state index contributed by atoms with van der Waals surface area (Å²) in [4.78, 5) is 21.1. The van der Waals surface area contributed by atoms with E-state index in [0.29, 0.717) is 17.7 Å². The molecular weight excluding hydrogens is 272 g/mol. The van der Waals surface area contributed by atoms with Gasteiger partial charge in [0, 0.05) is 12.2 Å². The number of carbonyl (C=O) groups excluding carboxylic acids is 1. The van der Waals surface area contributed by atoms with E-state index in [1.165, 1.54) is 6.08 Å². The van der Waals surface area contributed by atoms with E-state index in [-0.39, 0.29) is 0 Å². The maximum absolute atomic E-state index is 11.3. The summed E-state index contributed by atoms with van der Waals surface area (Å²) < 4.78 is 26.8. The molecule has 0 aromatic heterocycles. The first-order valence-electron chi connectivity index (χ1n) is 5.02. The van der Waals surface area contributed by atoms with Crippen molar-refractivity contribution < 1.29 is 27.3 Å². The number of hydrogen-bond acceptors (Lipinski definition) is 5. The molecule has 1 aromatic rings. The number of benzene rings is 1. The number of carboxylic acids is 1. The van der Waals surface area contributed by atoms with Crippen LogP contribution in [0.25, 0.3) is 6.08 Å². The molecule has 0 amide bonds. The first kappa shape index (κ1) is 14.7. The van der Waals surface area contributed by atoms with Crippen molar-refractivity contribution in [2.75, 3.05) is 0 Å². The molecular formula is C12H10O6S. The number of carbonyl (C=O) groups is 2. The molecule has 0 aliphatic rings. The third-order valence-electron chi connectivity index (χ3n) is 1.79. The van der Waals surface area contributed by atoms with Crippen molar-refractivity contribution in [3.63, 3.8) is 0 Å². The van der Waals surface area contributed by atoms with Crippen LogP contribution in [0.15, 0.2) is 47.9 Å². The Labute approximate surface area is 109 Å². The van der Waals surface area contributed by atoms with Crippen molar-refractivity contribution in [2.45, 2.75) is 0 Å². The average Bonchev–Trinajstić information content (AvgIpc) is 2.35. The fourth-order valence-corrected chi connectivity index (χ4v) is 1.70. The smallest absolute Gasteiger partial charge is 0.347 e. The third-order valence-corrected chi connectivity index (χ3v) is 2.65. The second kappa shape index (κ2) is 6.50. The second-order valence-corrected chi connectivity index (χ2v) is 4.70. The summed E-state index contributed by atoms with van der Waals surface area (Å²) in [5.41, 5.74) is 0.614. The van der Waals surface area contributed by atoms with Gasteiger partial charge in [-0.2, -0.15) is 8.42 Å². The van der Waals surface area contributed by atoms with Crippen LogP contribution in [0, 0.1) is 0 Å². The van der Waals surface area contributed by atoms with Gasteiger partial charge < -0.3 is 9.29 Å². The van der Waals surface area contributed by atoms with Crippen LogP contribution in [0.1, 0.15) is 5.56 Å². The van der Waals surface area contributed by atoms with Crippen LogP contribution < -0.4 is 0 Å². The summed E-state index contributed by atoms with van der Waals surface area (Å²) in [5, 5.41) is 8.97. The molecule has 0 heterocycles. The van der Waals surface area contributed by atoms with E-state index in [0.717, 1.165) is 5.41 Å². The summed E-state index contributed by atoms with van der Waals surface area (Å²) >= 11 is 0. The van der Waals surface area contributed by atoms with Crippen LogP contribution in [0.5, 0.6) is 0 Å². The molecule has 6 nitrogen and oxygen atoms in total. The highest BCUT2D eigenvalue weighted by Gasteiger charge is 2.11. The van der Waals surface area contributed by atoms with Gasteiger partial charge in [-0.1, -0.05) is 30.3 Å². The topological polar surface area (TPSA) is 97.7 Å². The molecule has 0 saturated heterocycles. The van der Waals surface area contributed by atoms with Crippen LogP contribution in [-0.2, 0) is 23.9 Å². The molecule has 0 saturated carbocycles. The van der Waals surface area contributed by atoms with Gasteiger partial charge in [0.25, 0.3) is 0 Å². The largest absolute Gasteiger partial charge is 0.478 e. The summed E-state index contributed by atoms with van der Waals surface area (Å²) in [6.07, 6.45) is 2.25. The molecule has 0 spiro atoms. The van der Waals surface area contributed by atoms with E-state index in [1.807, 2.05) is 0 Å². The minimum absolute atomic E-state index is 0.485. The van der Waals surface area contributed by atoms with E-state index in [2.05, 4.69) is 4.18 Å². The van der Waals surface area contributed by atoms with Crippen molar-refractivity contribution in [3.8, 4) is 0 Å². The standard InChI is InChI=1S/C12H10O6S/c13-11(14)6-7-12(15)18-19(16,17)9-8-10-4-2-1-3-5-10/h1-9H,(H,13,14)/b7-6-,9-8-. The Morgan fingerprint density at radius 2 is 1.74 bits per heavy atom. The van der Waals surface area contributed by atoms with Gasteiger partial charge in [0.2, 0.25) is 0 Å². The first-order chi connectivity index (χ1) is 8.89. The fraction of sp³-hybridized carbons (Fsp3) is 0. The molecule has 0 fully saturated rings. The predicted octanol–water partition coefficient (Wildman–Crippen LogP) is 1.17. The van der Waals surface area contributed by atoms with E-state index >= 15 is 0 Å². The molecule has 1 aromatic carbocycles. The van der Waals surface area contributed by atoms with Crippen LogP contribution in [0.4, 0.5) is 0 Å². The van der Waals surface area contributed by atoms with Gasteiger partial charge in [-0.15, -0.1) is 0 Å². The Morgan fingerprint density at radius 1 is 1.11 bits per heavy atom. The van der Waals surface area contributed by atoms with E-state index in [4.69, 9.17) is 5.11 Å². The van der Waals surface area contributed by atoms with Crippen molar-refractivity contribution in [1.82, 2.24) is 0 Å². The summed E-state index contributed by atoms with van der Waals surface area (Å²) in [7, 11) is -4.20. The van der Waals surface area contributed by atoms with Crippen molar-refractivity contribution >= 4 is 28.1 Å². The summed E-state index contributed by atoms with van der Waals surface area (Å²) in [6, 6.07) is 8.53. The molecule has 0 aliphatic heterocycles. The van der Waals surface area contributed by atoms with E-state index in [1.54, 1.807) is 30.3 Å². The molecule has 1 rings (SSSR count). The average molecular weight is 282 g/mol. The molecule has 19 heavy (non-hydrogen) atoms. The number of rotatable bonds is 5. The number of aliphatic carboxylic acids is 1. The van der Waals surface area contributed by atoms with Crippen LogP contribution in [0.2, 0.25) is 0 Å². The zero-order valence-electron chi connectivity index (χ0n) is 9.59. The van der Waals surface area contributed by atoms with Crippen LogP contribution in [-0.4, -0.2) is 25.5 Å². The van der Waals surface area contributed by atoms with Gasteiger partial charge in [-0.05, 0) is 11.6 Å². The fourth-order valence-electron chi connectivity index (χ4n) is 1.04.